The highest BCUT2D eigenvalue weighted by atomic mass is 16.5. The van der Waals surface area contributed by atoms with Gasteiger partial charge >= 0.3 is 0 Å². The molecule has 0 radical (unpaired) electrons. The molecule has 0 spiro atoms. The van der Waals surface area contributed by atoms with Crippen LogP contribution < -0.4 is 5.32 Å². The molecule has 1 saturated heterocycles. The van der Waals surface area contributed by atoms with E-state index in [0.29, 0.717) is 31.3 Å². The zero-order valence-electron chi connectivity index (χ0n) is 14.2. The lowest BCUT2D eigenvalue weighted by atomic mass is 10.0. The van der Waals surface area contributed by atoms with Crippen LogP contribution in [0.5, 0.6) is 0 Å². The molecule has 1 fully saturated rings. The summed E-state index contributed by atoms with van der Waals surface area (Å²) in [5.74, 6) is 1.94. The summed E-state index contributed by atoms with van der Waals surface area (Å²) in [7, 11) is 0. The van der Waals surface area contributed by atoms with Crippen molar-refractivity contribution in [3.8, 4) is 0 Å². The zero-order chi connectivity index (χ0) is 16.9. The lowest BCUT2D eigenvalue weighted by Gasteiger charge is -2.27. The molecule has 24 heavy (non-hydrogen) atoms. The summed E-state index contributed by atoms with van der Waals surface area (Å²) in [6.07, 6.45) is 1.25. The second-order valence-electron chi connectivity index (χ2n) is 6.65. The lowest BCUT2D eigenvalue weighted by molar-refractivity contribution is -0.121. The Bertz CT molecular complexity index is 669. The molecule has 0 unspecified atom stereocenters. The van der Waals surface area contributed by atoms with Gasteiger partial charge in [-0.3, -0.25) is 9.69 Å². The molecule has 1 aliphatic heterocycles. The molecule has 128 valence electrons. The van der Waals surface area contributed by atoms with Crippen LogP contribution in [-0.4, -0.2) is 34.0 Å². The molecule has 2 aromatic rings. The first-order valence-electron chi connectivity index (χ1n) is 8.49. The third-order valence-electron chi connectivity index (χ3n) is 4.16. The third-order valence-corrected chi connectivity index (χ3v) is 4.16. The van der Waals surface area contributed by atoms with Gasteiger partial charge in [0.05, 0.1) is 6.54 Å². The largest absolute Gasteiger partial charge is 0.355 e. The number of carbonyl (C=O) groups is 1. The van der Waals surface area contributed by atoms with Crippen molar-refractivity contribution in [2.45, 2.75) is 39.3 Å². The van der Waals surface area contributed by atoms with Gasteiger partial charge in [-0.05, 0) is 11.5 Å². The quantitative estimate of drug-likeness (QED) is 0.912. The highest BCUT2D eigenvalue weighted by molar-refractivity contribution is 5.77. The Morgan fingerprint density at radius 3 is 2.88 bits per heavy atom. The number of aromatic nitrogens is 2. The average Bonchev–Trinajstić information content (AvgIpc) is 2.90. The Morgan fingerprint density at radius 2 is 2.12 bits per heavy atom. The molecule has 0 aliphatic carbocycles. The molecule has 2 heterocycles. The molecule has 3 rings (SSSR count). The van der Waals surface area contributed by atoms with Gasteiger partial charge in [0.1, 0.15) is 0 Å². The van der Waals surface area contributed by atoms with Crippen LogP contribution in [-0.2, 0) is 17.8 Å². The van der Waals surface area contributed by atoms with Crippen molar-refractivity contribution < 1.29 is 9.32 Å². The SMILES string of the molecule is CC(C)Cc1noc(CN2CCNC(=O)C[C@@H]2c2ccccc2)n1. The van der Waals surface area contributed by atoms with E-state index in [-0.39, 0.29) is 11.9 Å². The van der Waals surface area contributed by atoms with E-state index < -0.39 is 0 Å². The van der Waals surface area contributed by atoms with E-state index in [1.54, 1.807) is 0 Å². The first-order chi connectivity index (χ1) is 11.6. The van der Waals surface area contributed by atoms with E-state index in [4.69, 9.17) is 4.52 Å². The van der Waals surface area contributed by atoms with Gasteiger partial charge in [-0.1, -0.05) is 49.3 Å². The summed E-state index contributed by atoms with van der Waals surface area (Å²) in [4.78, 5) is 18.7. The van der Waals surface area contributed by atoms with Crippen molar-refractivity contribution in [2.24, 2.45) is 5.92 Å². The number of benzene rings is 1. The predicted molar refractivity (Wildman–Crippen MR) is 90.1 cm³/mol. The number of nitrogens with zero attached hydrogens (tertiary/aromatic N) is 3. The Hall–Kier alpha value is -2.21. The maximum absolute atomic E-state index is 12.0. The number of amides is 1. The summed E-state index contributed by atoms with van der Waals surface area (Å²) in [6.45, 7) is 6.21. The van der Waals surface area contributed by atoms with Gasteiger partial charge in [0.15, 0.2) is 5.82 Å². The van der Waals surface area contributed by atoms with Gasteiger partial charge in [-0.25, -0.2) is 0 Å². The van der Waals surface area contributed by atoms with Crippen molar-refractivity contribution in [3.63, 3.8) is 0 Å². The summed E-state index contributed by atoms with van der Waals surface area (Å²) >= 11 is 0. The monoisotopic (exact) mass is 328 g/mol. The van der Waals surface area contributed by atoms with Crippen LogP contribution in [0.25, 0.3) is 0 Å². The molecule has 6 heteroatoms. The van der Waals surface area contributed by atoms with Crippen LogP contribution in [0.1, 0.15) is 43.6 Å². The fourth-order valence-electron chi connectivity index (χ4n) is 3.04. The van der Waals surface area contributed by atoms with E-state index in [1.807, 2.05) is 18.2 Å². The average molecular weight is 328 g/mol. The highest BCUT2D eigenvalue weighted by Gasteiger charge is 2.27. The molecule has 6 nitrogen and oxygen atoms in total. The summed E-state index contributed by atoms with van der Waals surface area (Å²) < 4.78 is 5.41. The summed E-state index contributed by atoms with van der Waals surface area (Å²) in [5.41, 5.74) is 1.14. The van der Waals surface area contributed by atoms with Crippen molar-refractivity contribution in [1.29, 1.82) is 0 Å². The number of hydrogen-bond acceptors (Lipinski definition) is 5. The minimum absolute atomic E-state index is 0.0224. The number of carbonyl (C=O) groups excluding carboxylic acids is 1. The van der Waals surface area contributed by atoms with Crippen LogP contribution in [0.3, 0.4) is 0 Å². The van der Waals surface area contributed by atoms with Crippen LogP contribution >= 0.6 is 0 Å². The molecule has 1 amide bonds. The maximum atomic E-state index is 12.0. The van der Waals surface area contributed by atoms with E-state index >= 15 is 0 Å². The predicted octanol–water partition coefficient (Wildman–Crippen LogP) is 2.33. The third kappa shape index (κ3) is 4.20. The second-order valence-corrected chi connectivity index (χ2v) is 6.65. The Balaban J connectivity index is 1.77. The molecular formula is C18H24N4O2. The molecule has 0 bridgehead atoms. The summed E-state index contributed by atoms with van der Waals surface area (Å²) in [6, 6.07) is 10.1. The number of hydrogen-bond donors (Lipinski definition) is 1. The van der Waals surface area contributed by atoms with E-state index in [1.165, 1.54) is 0 Å². The standard InChI is InChI=1S/C18H24N4O2/c1-13(2)10-16-20-18(24-21-16)12-22-9-8-19-17(23)11-15(22)14-6-4-3-5-7-14/h3-7,13,15H,8-12H2,1-2H3,(H,19,23)/t15-/m1/s1. The van der Waals surface area contributed by atoms with Gasteiger partial charge in [0, 0.05) is 32.0 Å². The number of nitrogens with one attached hydrogen (secondary N) is 1. The van der Waals surface area contributed by atoms with Gasteiger partial charge in [-0.15, -0.1) is 0 Å². The van der Waals surface area contributed by atoms with Crippen LogP contribution in [0.15, 0.2) is 34.9 Å². The van der Waals surface area contributed by atoms with Crippen molar-refractivity contribution >= 4 is 5.91 Å². The van der Waals surface area contributed by atoms with E-state index in [2.05, 4.69) is 46.3 Å². The van der Waals surface area contributed by atoms with Gasteiger partial charge in [0.25, 0.3) is 0 Å². The minimum Gasteiger partial charge on any atom is -0.355 e. The molecule has 1 aromatic heterocycles. The maximum Gasteiger partial charge on any atom is 0.240 e. The van der Waals surface area contributed by atoms with E-state index in [0.717, 1.165) is 24.4 Å². The molecule has 1 aliphatic rings. The minimum atomic E-state index is 0.0224. The second kappa shape index (κ2) is 7.57. The normalized spacial score (nSPS) is 19.3. The topological polar surface area (TPSA) is 71.3 Å². The van der Waals surface area contributed by atoms with Crippen molar-refractivity contribution in [1.82, 2.24) is 20.4 Å². The van der Waals surface area contributed by atoms with Gasteiger partial charge in [0.2, 0.25) is 11.8 Å². The molecule has 1 atom stereocenters. The molecule has 1 aromatic carbocycles. The first-order valence-corrected chi connectivity index (χ1v) is 8.49. The smallest absolute Gasteiger partial charge is 0.240 e. The van der Waals surface area contributed by atoms with Crippen molar-refractivity contribution in [3.05, 3.63) is 47.6 Å². The Morgan fingerprint density at radius 1 is 1.33 bits per heavy atom. The lowest BCUT2D eigenvalue weighted by Crippen LogP contribution is -2.30. The highest BCUT2D eigenvalue weighted by Crippen LogP contribution is 2.27. The Kier molecular flexibility index (Phi) is 5.25. The number of rotatable bonds is 5. The van der Waals surface area contributed by atoms with Crippen LogP contribution in [0, 0.1) is 5.92 Å². The van der Waals surface area contributed by atoms with Crippen molar-refractivity contribution in [2.75, 3.05) is 13.1 Å². The van der Waals surface area contributed by atoms with Gasteiger partial charge in [-0.2, -0.15) is 4.98 Å². The molecule has 1 N–H and O–H groups in total. The van der Waals surface area contributed by atoms with Crippen LogP contribution in [0.2, 0.25) is 0 Å². The van der Waals surface area contributed by atoms with Crippen LogP contribution in [0.4, 0.5) is 0 Å². The fraction of sp³-hybridized carbons (Fsp3) is 0.500. The Labute approximate surface area is 142 Å². The zero-order valence-corrected chi connectivity index (χ0v) is 14.2. The molecule has 0 saturated carbocycles. The summed E-state index contributed by atoms with van der Waals surface area (Å²) in [5, 5.41) is 7.01. The fourth-order valence-corrected chi connectivity index (χ4v) is 3.04. The van der Waals surface area contributed by atoms with E-state index in [9.17, 15) is 4.79 Å². The van der Waals surface area contributed by atoms with Gasteiger partial charge < -0.3 is 9.84 Å². The molecular weight excluding hydrogens is 304 g/mol. The first kappa shape index (κ1) is 16.6.